The van der Waals surface area contributed by atoms with Gasteiger partial charge in [-0.2, -0.15) is 0 Å². The Morgan fingerprint density at radius 1 is 0.679 bits per heavy atom. The van der Waals surface area contributed by atoms with Gasteiger partial charge in [-0.05, 0) is 24.3 Å². The maximum Gasteiger partial charge on any atom is 0.185 e. The molecule has 2 aromatic rings. The quantitative estimate of drug-likeness (QED) is 0.664. The molecule has 3 aliphatic rings. The lowest BCUT2D eigenvalue weighted by atomic mass is 9.98. The second kappa shape index (κ2) is 7.00. The predicted molar refractivity (Wildman–Crippen MR) is 98.6 cm³/mol. The van der Waals surface area contributed by atoms with E-state index in [2.05, 4.69) is 0 Å². The topological polar surface area (TPSA) is 118 Å². The molecule has 3 aliphatic heterocycles. The van der Waals surface area contributed by atoms with Gasteiger partial charge in [0.05, 0.1) is 6.61 Å². The van der Waals surface area contributed by atoms with Gasteiger partial charge in [-0.3, -0.25) is 0 Å². The molecule has 3 fully saturated rings. The van der Waals surface area contributed by atoms with Gasteiger partial charge in [-0.15, -0.1) is 0 Å². The molecule has 0 bridgehead atoms. The van der Waals surface area contributed by atoms with Gasteiger partial charge in [0.15, 0.2) is 18.9 Å². The van der Waals surface area contributed by atoms with E-state index in [1.165, 1.54) is 0 Å². The Morgan fingerprint density at radius 3 is 1.86 bits per heavy atom. The summed E-state index contributed by atoms with van der Waals surface area (Å²) in [5.74, 6) is 0. The number of anilines is 2. The van der Waals surface area contributed by atoms with Gasteiger partial charge in [-0.25, -0.2) is 0 Å². The summed E-state index contributed by atoms with van der Waals surface area (Å²) in [6.45, 7) is 0.274. The molecule has 8 nitrogen and oxygen atoms in total. The maximum absolute atomic E-state index is 10.4. The van der Waals surface area contributed by atoms with E-state index in [4.69, 9.17) is 35.2 Å². The van der Waals surface area contributed by atoms with Gasteiger partial charge in [0, 0.05) is 22.5 Å². The van der Waals surface area contributed by atoms with Crippen LogP contribution < -0.4 is 11.5 Å². The second-order valence-corrected chi connectivity index (χ2v) is 7.20. The minimum atomic E-state index is -1.12. The van der Waals surface area contributed by atoms with Crippen LogP contribution in [0.25, 0.3) is 0 Å². The smallest absolute Gasteiger partial charge is 0.185 e. The van der Waals surface area contributed by atoms with Crippen LogP contribution in [-0.4, -0.2) is 42.4 Å². The van der Waals surface area contributed by atoms with Crippen LogP contribution in [0.1, 0.15) is 23.7 Å². The van der Waals surface area contributed by atoms with Crippen molar-refractivity contribution in [2.24, 2.45) is 0 Å². The minimum Gasteiger partial charge on any atom is -0.399 e. The van der Waals surface area contributed by atoms with Crippen LogP contribution in [0.5, 0.6) is 0 Å². The zero-order chi connectivity index (χ0) is 19.3. The van der Waals surface area contributed by atoms with Crippen molar-refractivity contribution in [2.45, 2.75) is 43.3 Å². The van der Waals surface area contributed by atoms with Crippen molar-refractivity contribution in [2.75, 3.05) is 18.1 Å². The summed E-state index contributed by atoms with van der Waals surface area (Å²) in [5.41, 5.74) is 14.5. The van der Waals surface area contributed by atoms with E-state index in [0.29, 0.717) is 11.4 Å². The summed E-state index contributed by atoms with van der Waals surface area (Å²) in [6, 6.07) is 14.5. The molecule has 0 spiro atoms. The number of nitrogen functional groups attached to an aromatic ring is 2. The van der Waals surface area contributed by atoms with Crippen LogP contribution in [0, 0.1) is 0 Å². The SMILES string of the molecule is Nc1ccc(C2OCC3OC(O)C4OC(c5ccc(N)cc5)OC4C3O2)cc1. The molecule has 7 unspecified atom stereocenters. The molecule has 148 valence electrons. The van der Waals surface area contributed by atoms with Crippen LogP contribution in [0.3, 0.4) is 0 Å². The Hall–Kier alpha value is -2.20. The second-order valence-electron chi connectivity index (χ2n) is 7.20. The average molecular weight is 386 g/mol. The summed E-state index contributed by atoms with van der Waals surface area (Å²) in [4.78, 5) is 0. The molecule has 3 heterocycles. The highest BCUT2D eigenvalue weighted by Gasteiger charge is 2.55. The van der Waals surface area contributed by atoms with Crippen molar-refractivity contribution in [3.8, 4) is 0 Å². The Balaban J connectivity index is 1.36. The number of aliphatic hydroxyl groups is 1. The largest absolute Gasteiger partial charge is 0.399 e. The normalized spacial score (nSPS) is 37.2. The molecule has 5 N–H and O–H groups in total. The monoisotopic (exact) mass is 386 g/mol. The lowest BCUT2D eigenvalue weighted by Gasteiger charge is -2.44. The standard InChI is InChI=1S/C20H22N2O6/c21-12-5-1-10(2-6-12)19-24-9-14-15(26-19)16-17(18(23)25-14)28-20(27-16)11-3-7-13(22)8-4-11/h1-8,14-20,23H,9,21-22H2. The van der Waals surface area contributed by atoms with E-state index in [9.17, 15) is 5.11 Å². The van der Waals surface area contributed by atoms with Gasteiger partial charge in [0.2, 0.25) is 0 Å². The highest BCUT2D eigenvalue weighted by atomic mass is 16.8. The number of aliphatic hydroxyl groups excluding tert-OH is 1. The van der Waals surface area contributed by atoms with Crippen LogP contribution in [0.15, 0.2) is 48.5 Å². The van der Waals surface area contributed by atoms with Gasteiger partial charge < -0.3 is 40.3 Å². The summed E-state index contributed by atoms with van der Waals surface area (Å²) in [5, 5.41) is 10.4. The van der Waals surface area contributed by atoms with Crippen molar-refractivity contribution >= 4 is 11.4 Å². The Labute approximate surface area is 161 Å². The number of rotatable bonds is 2. The summed E-state index contributed by atoms with van der Waals surface area (Å²) < 4.78 is 29.7. The number of hydrogen-bond acceptors (Lipinski definition) is 8. The molecule has 0 saturated carbocycles. The van der Waals surface area contributed by atoms with Crippen molar-refractivity contribution in [3.05, 3.63) is 59.7 Å². The van der Waals surface area contributed by atoms with E-state index < -0.39 is 43.3 Å². The van der Waals surface area contributed by atoms with Gasteiger partial charge >= 0.3 is 0 Å². The van der Waals surface area contributed by atoms with Crippen LogP contribution in [-0.2, 0) is 23.7 Å². The maximum atomic E-state index is 10.4. The van der Waals surface area contributed by atoms with E-state index >= 15 is 0 Å². The Morgan fingerprint density at radius 2 is 1.21 bits per heavy atom. The van der Waals surface area contributed by atoms with Crippen molar-refractivity contribution in [1.29, 1.82) is 0 Å². The van der Waals surface area contributed by atoms with Crippen LogP contribution in [0.4, 0.5) is 11.4 Å². The third-order valence-corrected chi connectivity index (χ3v) is 5.28. The highest BCUT2D eigenvalue weighted by Crippen LogP contribution is 2.43. The van der Waals surface area contributed by atoms with Gasteiger partial charge in [0.1, 0.15) is 24.4 Å². The molecule has 0 amide bonds. The molecule has 3 saturated heterocycles. The third-order valence-electron chi connectivity index (χ3n) is 5.28. The first kappa shape index (κ1) is 17.9. The summed E-state index contributed by atoms with van der Waals surface area (Å²) in [6.07, 6.45) is -4.36. The van der Waals surface area contributed by atoms with Crippen molar-refractivity contribution < 1.29 is 28.8 Å². The zero-order valence-corrected chi connectivity index (χ0v) is 15.0. The molecule has 28 heavy (non-hydrogen) atoms. The molecule has 5 rings (SSSR count). The minimum absolute atomic E-state index is 0.274. The fourth-order valence-electron chi connectivity index (χ4n) is 3.81. The van der Waals surface area contributed by atoms with Gasteiger partial charge in [0.25, 0.3) is 0 Å². The first-order chi connectivity index (χ1) is 13.6. The fourth-order valence-corrected chi connectivity index (χ4v) is 3.81. The van der Waals surface area contributed by atoms with E-state index in [1.54, 1.807) is 24.3 Å². The Bertz CT molecular complexity index is 830. The fraction of sp³-hybridized carbons (Fsp3) is 0.400. The van der Waals surface area contributed by atoms with Crippen LogP contribution >= 0.6 is 0 Å². The molecule has 8 heteroatoms. The lowest BCUT2D eigenvalue weighted by Crippen LogP contribution is -2.60. The van der Waals surface area contributed by atoms with Crippen molar-refractivity contribution in [1.82, 2.24) is 0 Å². The van der Waals surface area contributed by atoms with Crippen molar-refractivity contribution in [3.63, 3.8) is 0 Å². The number of nitrogens with two attached hydrogens (primary N) is 2. The van der Waals surface area contributed by atoms with Crippen LogP contribution in [0.2, 0.25) is 0 Å². The number of ether oxygens (including phenoxy) is 5. The number of hydrogen-bond donors (Lipinski definition) is 3. The number of benzene rings is 2. The molecule has 0 radical (unpaired) electrons. The third kappa shape index (κ3) is 3.14. The zero-order valence-electron chi connectivity index (χ0n) is 15.0. The first-order valence-corrected chi connectivity index (χ1v) is 9.21. The average Bonchev–Trinajstić information content (AvgIpc) is 3.15. The summed E-state index contributed by atoms with van der Waals surface area (Å²) in [7, 11) is 0. The molecular formula is C20H22N2O6. The predicted octanol–water partition coefficient (Wildman–Crippen LogP) is 1.46. The van der Waals surface area contributed by atoms with Gasteiger partial charge in [-0.1, -0.05) is 24.3 Å². The molecule has 0 aliphatic carbocycles. The van der Waals surface area contributed by atoms with E-state index in [-0.39, 0.29) is 6.61 Å². The molecular weight excluding hydrogens is 364 g/mol. The highest BCUT2D eigenvalue weighted by molar-refractivity contribution is 5.40. The molecule has 7 atom stereocenters. The number of fused-ring (bicyclic) bond motifs is 3. The molecule has 0 aromatic heterocycles. The Kier molecular flexibility index (Phi) is 4.47. The van der Waals surface area contributed by atoms with E-state index in [1.807, 2.05) is 24.3 Å². The van der Waals surface area contributed by atoms with E-state index in [0.717, 1.165) is 11.1 Å². The first-order valence-electron chi connectivity index (χ1n) is 9.21. The molecule has 2 aromatic carbocycles. The summed E-state index contributed by atoms with van der Waals surface area (Å²) >= 11 is 0. The lowest BCUT2D eigenvalue weighted by molar-refractivity contribution is -0.340.